The van der Waals surface area contributed by atoms with Crippen molar-refractivity contribution in [2.75, 3.05) is 20.1 Å². The molecule has 0 radical (unpaired) electrons. The van der Waals surface area contributed by atoms with Gasteiger partial charge in [0.2, 0.25) is 0 Å². The van der Waals surface area contributed by atoms with Crippen LogP contribution in [0.15, 0.2) is 18.2 Å². The Morgan fingerprint density at radius 2 is 1.78 bits per heavy atom. The molecule has 0 saturated carbocycles. The summed E-state index contributed by atoms with van der Waals surface area (Å²) < 4.78 is 0. The van der Waals surface area contributed by atoms with Crippen LogP contribution in [0.1, 0.15) is 57.2 Å². The summed E-state index contributed by atoms with van der Waals surface area (Å²) in [6, 6.07) is 6.13. The standard InChI is InChI=1S/C20H31NO2/c1-18(2)13-14-7-6-8-16(19(3,4)22)17(14)20(18,23)15-9-11-21(5)12-10-15/h6-8,15,22-23H,9-13H2,1-5H3. The van der Waals surface area contributed by atoms with Crippen LogP contribution in [0.5, 0.6) is 0 Å². The van der Waals surface area contributed by atoms with Crippen LogP contribution in [0.2, 0.25) is 0 Å². The fourth-order valence-electron chi connectivity index (χ4n) is 4.84. The molecule has 1 fully saturated rings. The molecule has 1 atom stereocenters. The number of piperidine rings is 1. The summed E-state index contributed by atoms with van der Waals surface area (Å²) in [4.78, 5) is 2.34. The minimum absolute atomic E-state index is 0.211. The summed E-state index contributed by atoms with van der Waals surface area (Å²) in [5.41, 5.74) is 1.09. The predicted molar refractivity (Wildman–Crippen MR) is 93.3 cm³/mol. The molecule has 0 amide bonds. The van der Waals surface area contributed by atoms with Crippen LogP contribution in [0.3, 0.4) is 0 Å². The second-order valence-electron chi connectivity index (χ2n) is 8.80. The van der Waals surface area contributed by atoms with E-state index in [1.807, 2.05) is 26.0 Å². The van der Waals surface area contributed by atoms with E-state index in [1.54, 1.807) is 0 Å². The molecule has 1 aliphatic carbocycles. The highest BCUT2D eigenvalue weighted by Crippen LogP contribution is 2.58. The molecule has 1 heterocycles. The van der Waals surface area contributed by atoms with Gasteiger partial charge in [-0.25, -0.2) is 0 Å². The zero-order chi connectivity index (χ0) is 17.0. The Morgan fingerprint density at radius 1 is 1.17 bits per heavy atom. The van der Waals surface area contributed by atoms with Gasteiger partial charge in [-0.15, -0.1) is 0 Å². The lowest BCUT2D eigenvalue weighted by atomic mass is 9.64. The molecule has 23 heavy (non-hydrogen) atoms. The van der Waals surface area contributed by atoms with Gasteiger partial charge < -0.3 is 15.1 Å². The average molecular weight is 317 g/mol. The summed E-state index contributed by atoms with van der Waals surface area (Å²) in [6.07, 6.45) is 2.89. The van der Waals surface area contributed by atoms with E-state index in [0.717, 1.165) is 43.5 Å². The van der Waals surface area contributed by atoms with Gasteiger partial charge in [0.15, 0.2) is 0 Å². The molecule has 1 saturated heterocycles. The van der Waals surface area contributed by atoms with Crippen molar-refractivity contribution in [2.24, 2.45) is 11.3 Å². The summed E-state index contributed by atoms with van der Waals surface area (Å²) in [5.74, 6) is 0.249. The third-order valence-electron chi connectivity index (χ3n) is 6.16. The summed E-state index contributed by atoms with van der Waals surface area (Å²) in [6.45, 7) is 10.1. The first kappa shape index (κ1) is 16.9. The summed E-state index contributed by atoms with van der Waals surface area (Å²) >= 11 is 0. The number of aliphatic hydroxyl groups is 2. The van der Waals surface area contributed by atoms with Crippen molar-refractivity contribution in [3.63, 3.8) is 0 Å². The van der Waals surface area contributed by atoms with Crippen molar-refractivity contribution in [1.29, 1.82) is 0 Å². The van der Waals surface area contributed by atoms with Crippen molar-refractivity contribution in [3.8, 4) is 0 Å². The van der Waals surface area contributed by atoms with Gasteiger partial charge in [0.05, 0.1) is 11.2 Å². The fourth-order valence-corrected chi connectivity index (χ4v) is 4.84. The maximum Gasteiger partial charge on any atom is 0.0985 e. The van der Waals surface area contributed by atoms with E-state index < -0.39 is 11.2 Å². The van der Waals surface area contributed by atoms with E-state index in [0.29, 0.717) is 0 Å². The molecule has 2 aliphatic rings. The molecule has 2 N–H and O–H groups in total. The van der Waals surface area contributed by atoms with E-state index in [4.69, 9.17) is 0 Å². The largest absolute Gasteiger partial charge is 0.386 e. The Hall–Kier alpha value is -0.900. The fraction of sp³-hybridized carbons (Fsp3) is 0.700. The van der Waals surface area contributed by atoms with Crippen LogP contribution < -0.4 is 0 Å². The van der Waals surface area contributed by atoms with Crippen molar-refractivity contribution in [2.45, 2.75) is 58.2 Å². The quantitative estimate of drug-likeness (QED) is 0.881. The van der Waals surface area contributed by atoms with Crippen molar-refractivity contribution in [3.05, 3.63) is 34.9 Å². The zero-order valence-electron chi connectivity index (χ0n) is 15.2. The molecule has 1 unspecified atom stereocenters. The Labute approximate surface area is 140 Å². The number of benzene rings is 1. The number of hydrogen-bond donors (Lipinski definition) is 2. The maximum atomic E-state index is 12.0. The third-order valence-corrected chi connectivity index (χ3v) is 6.16. The molecule has 3 rings (SSSR count). The van der Waals surface area contributed by atoms with Gasteiger partial charge in [-0.05, 0) is 75.9 Å². The van der Waals surface area contributed by atoms with Crippen LogP contribution in [-0.2, 0) is 17.6 Å². The first-order chi connectivity index (χ1) is 10.6. The van der Waals surface area contributed by atoms with Gasteiger partial charge in [0.1, 0.15) is 0 Å². The molecule has 3 heteroatoms. The van der Waals surface area contributed by atoms with E-state index >= 15 is 0 Å². The second kappa shape index (κ2) is 5.30. The second-order valence-corrected chi connectivity index (χ2v) is 8.80. The van der Waals surface area contributed by atoms with Gasteiger partial charge in [-0.2, -0.15) is 0 Å². The highest BCUT2D eigenvalue weighted by atomic mass is 16.3. The highest BCUT2D eigenvalue weighted by molar-refractivity contribution is 5.49. The van der Waals surface area contributed by atoms with Crippen LogP contribution in [0.4, 0.5) is 0 Å². The number of nitrogens with zero attached hydrogens (tertiary/aromatic N) is 1. The molecule has 3 nitrogen and oxygen atoms in total. The molecular weight excluding hydrogens is 286 g/mol. The van der Waals surface area contributed by atoms with Crippen molar-refractivity contribution < 1.29 is 10.2 Å². The zero-order valence-corrected chi connectivity index (χ0v) is 15.2. The van der Waals surface area contributed by atoms with Crippen LogP contribution in [-0.4, -0.2) is 35.3 Å². The molecular formula is C20H31NO2. The van der Waals surface area contributed by atoms with E-state index in [-0.39, 0.29) is 11.3 Å². The van der Waals surface area contributed by atoms with E-state index in [9.17, 15) is 10.2 Å². The Balaban J connectivity index is 2.14. The predicted octanol–water partition coefficient (Wildman–Crippen LogP) is 3.03. The monoisotopic (exact) mass is 317 g/mol. The van der Waals surface area contributed by atoms with E-state index in [1.165, 1.54) is 5.56 Å². The average Bonchev–Trinajstić information content (AvgIpc) is 2.66. The molecule has 128 valence electrons. The van der Waals surface area contributed by atoms with Crippen LogP contribution in [0.25, 0.3) is 0 Å². The number of hydrogen-bond acceptors (Lipinski definition) is 3. The lowest BCUT2D eigenvalue weighted by Gasteiger charge is -2.47. The molecule has 0 bridgehead atoms. The smallest absolute Gasteiger partial charge is 0.0985 e. The molecule has 1 aromatic carbocycles. The van der Waals surface area contributed by atoms with Crippen LogP contribution in [0, 0.1) is 11.3 Å². The van der Waals surface area contributed by atoms with Gasteiger partial charge in [-0.1, -0.05) is 32.0 Å². The third kappa shape index (κ3) is 2.54. The SMILES string of the molecule is CN1CCC(C2(O)c3c(cccc3C(C)(C)O)CC2(C)C)CC1. The minimum Gasteiger partial charge on any atom is -0.386 e. The van der Waals surface area contributed by atoms with E-state index in [2.05, 4.69) is 31.9 Å². The van der Waals surface area contributed by atoms with Crippen molar-refractivity contribution in [1.82, 2.24) is 4.90 Å². The lowest BCUT2D eigenvalue weighted by Crippen LogP contribution is -2.49. The molecule has 1 aliphatic heterocycles. The number of likely N-dealkylation sites (tertiary alicyclic amines) is 1. The number of fused-ring (bicyclic) bond motifs is 1. The van der Waals surface area contributed by atoms with Gasteiger partial charge >= 0.3 is 0 Å². The maximum absolute atomic E-state index is 12.0. The van der Waals surface area contributed by atoms with Gasteiger partial charge in [-0.3, -0.25) is 0 Å². The summed E-state index contributed by atoms with van der Waals surface area (Å²) in [7, 11) is 2.15. The summed E-state index contributed by atoms with van der Waals surface area (Å²) in [5, 5.41) is 22.7. The van der Waals surface area contributed by atoms with Crippen LogP contribution >= 0.6 is 0 Å². The van der Waals surface area contributed by atoms with Gasteiger partial charge in [0.25, 0.3) is 0 Å². The first-order valence-electron chi connectivity index (χ1n) is 8.83. The minimum atomic E-state index is -0.939. The molecule has 0 spiro atoms. The van der Waals surface area contributed by atoms with Crippen molar-refractivity contribution >= 4 is 0 Å². The van der Waals surface area contributed by atoms with Gasteiger partial charge in [0, 0.05) is 5.41 Å². The Kier molecular flexibility index (Phi) is 3.90. The highest BCUT2D eigenvalue weighted by Gasteiger charge is 2.57. The topological polar surface area (TPSA) is 43.7 Å². The normalized spacial score (nSPS) is 28.8. The number of rotatable bonds is 2. The Bertz CT molecular complexity index is 594. The molecule has 0 aromatic heterocycles. The first-order valence-corrected chi connectivity index (χ1v) is 8.83. The molecule has 1 aromatic rings. The lowest BCUT2D eigenvalue weighted by molar-refractivity contribution is -0.123. The Morgan fingerprint density at radius 3 is 2.35 bits per heavy atom.